The van der Waals surface area contributed by atoms with Crippen molar-refractivity contribution >= 4 is 68.4 Å². The van der Waals surface area contributed by atoms with Gasteiger partial charge in [-0.3, -0.25) is 38.6 Å². The van der Waals surface area contributed by atoms with Crippen molar-refractivity contribution in [2.24, 2.45) is 0 Å². The molecular formula is C44H32N4O6. The summed E-state index contributed by atoms with van der Waals surface area (Å²) in [4.78, 5) is 89.2. The average Bonchev–Trinajstić information content (AvgIpc) is 3.19. The molecule has 0 saturated carbocycles. The second kappa shape index (κ2) is 12.6. The molecule has 2 atom stereocenters. The maximum Gasteiger partial charge on any atom is 0.261 e. The maximum absolute atomic E-state index is 14.6. The molecule has 0 aromatic heterocycles. The van der Waals surface area contributed by atoms with Gasteiger partial charge in [0.15, 0.2) is 0 Å². The summed E-state index contributed by atoms with van der Waals surface area (Å²) in [7, 11) is 0. The number of hydrogen-bond donors (Lipinski definition) is 0. The Morgan fingerprint density at radius 1 is 0.574 bits per heavy atom. The second-order valence-electron chi connectivity index (χ2n) is 13.8. The molecule has 0 saturated heterocycles. The third-order valence-electron chi connectivity index (χ3n) is 10.7. The first kappa shape index (κ1) is 32.9. The normalized spacial score (nSPS) is 17.6. The van der Waals surface area contributed by atoms with Gasteiger partial charge in [-0.15, -0.1) is 0 Å². The van der Waals surface area contributed by atoms with E-state index in [0.29, 0.717) is 50.0 Å². The van der Waals surface area contributed by atoms with Gasteiger partial charge in [-0.1, -0.05) is 84.9 Å². The minimum absolute atomic E-state index is 0.289. The molecule has 9 rings (SSSR count). The largest absolute Gasteiger partial charge is 0.308 e. The number of carbonyl (C=O) groups excluding carboxylic acids is 6. The number of anilines is 2. The molecule has 3 heterocycles. The first-order valence-corrected chi connectivity index (χ1v) is 17.8. The van der Waals surface area contributed by atoms with Gasteiger partial charge in [0.2, 0.25) is 11.8 Å². The van der Waals surface area contributed by atoms with Crippen LogP contribution in [0.1, 0.15) is 66.4 Å². The summed E-state index contributed by atoms with van der Waals surface area (Å²) in [5, 5.41) is 2.70. The van der Waals surface area contributed by atoms with Gasteiger partial charge in [-0.2, -0.15) is 0 Å². The molecule has 0 aliphatic carbocycles. The smallest absolute Gasteiger partial charge is 0.261 e. The number of para-hydroxylation sites is 2. The van der Waals surface area contributed by atoms with Crippen LogP contribution in [-0.4, -0.2) is 64.4 Å². The number of imide groups is 2. The molecule has 6 aromatic carbocycles. The fourth-order valence-corrected chi connectivity index (χ4v) is 8.36. The molecule has 54 heavy (non-hydrogen) atoms. The van der Waals surface area contributed by atoms with Gasteiger partial charge in [0.1, 0.15) is 13.1 Å². The predicted molar refractivity (Wildman–Crippen MR) is 203 cm³/mol. The third kappa shape index (κ3) is 5.02. The van der Waals surface area contributed by atoms with Gasteiger partial charge >= 0.3 is 0 Å². The minimum Gasteiger partial charge on any atom is -0.308 e. The quantitative estimate of drug-likeness (QED) is 0.176. The standard InChI is InChI=1S/C44H32N4O6/c1-26-23-36(48(29-15-3-2-4-16-29)38(50)25-46-43(53)33-20-9-13-28-14-10-21-34(40(28)33)44(46)54)30-17-5-6-22-35(30)47(26)37(49)24-45-41(51)31-18-7-11-27-12-8-19-32(39(27)31)42(45)52/h2-22,26,36H,23-25H2,1H3/t26-,36-/m0/s1. The van der Waals surface area contributed by atoms with E-state index in [0.717, 1.165) is 20.6 Å². The molecule has 0 unspecified atom stereocenters. The average molecular weight is 713 g/mol. The van der Waals surface area contributed by atoms with Gasteiger partial charge in [-0.25, -0.2) is 0 Å². The second-order valence-corrected chi connectivity index (χ2v) is 13.8. The van der Waals surface area contributed by atoms with Crippen LogP contribution in [0.4, 0.5) is 11.4 Å². The van der Waals surface area contributed by atoms with Crippen molar-refractivity contribution in [3.05, 3.63) is 155 Å². The Hall–Kier alpha value is -6.94. The van der Waals surface area contributed by atoms with Crippen LogP contribution in [0.2, 0.25) is 0 Å². The Balaban J connectivity index is 1.04. The zero-order valence-electron chi connectivity index (χ0n) is 29.1. The van der Waals surface area contributed by atoms with Gasteiger partial charge < -0.3 is 9.80 Å². The van der Waals surface area contributed by atoms with Crippen LogP contribution in [0.5, 0.6) is 0 Å². The number of carbonyl (C=O) groups is 6. The van der Waals surface area contributed by atoms with Crippen LogP contribution >= 0.6 is 0 Å². The molecule has 0 radical (unpaired) electrons. The van der Waals surface area contributed by atoms with E-state index in [-0.39, 0.29) is 6.42 Å². The summed E-state index contributed by atoms with van der Waals surface area (Å²) in [6, 6.07) is 36.3. The Kier molecular flexibility index (Phi) is 7.70. The molecule has 6 aromatic rings. The molecule has 0 bridgehead atoms. The first-order chi connectivity index (χ1) is 26.2. The van der Waals surface area contributed by atoms with E-state index in [1.807, 2.05) is 61.5 Å². The molecule has 0 spiro atoms. The number of hydrogen-bond acceptors (Lipinski definition) is 6. The summed E-state index contributed by atoms with van der Waals surface area (Å²) in [5.41, 5.74) is 3.21. The number of fused-ring (bicyclic) bond motifs is 1. The summed E-state index contributed by atoms with van der Waals surface area (Å²) >= 11 is 0. The number of benzene rings is 6. The van der Waals surface area contributed by atoms with Crippen molar-refractivity contribution in [3.8, 4) is 0 Å². The Morgan fingerprint density at radius 3 is 1.56 bits per heavy atom. The molecule has 3 aliphatic heterocycles. The van der Waals surface area contributed by atoms with Crippen LogP contribution in [0, 0.1) is 0 Å². The van der Waals surface area contributed by atoms with E-state index >= 15 is 0 Å². The molecule has 0 N–H and O–H groups in total. The predicted octanol–water partition coefficient (Wildman–Crippen LogP) is 6.78. The highest BCUT2D eigenvalue weighted by Gasteiger charge is 2.42. The topological polar surface area (TPSA) is 115 Å². The van der Waals surface area contributed by atoms with Crippen molar-refractivity contribution in [2.45, 2.75) is 25.4 Å². The van der Waals surface area contributed by atoms with E-state index in [1.54, 1.807) is 82.6 Å². The molecule has 10 nitrogen and oxygen atoms in total. The van der Waals surface area contributed by atoms with Crippen molar-refractivity contribution in [1.82, 2.24) is 9.80 Å². The van der Waals surface area contributed by atoms with Gasteiger partial charge in [0.25, 0.3) is 23.6 Å². The van der Waals surface area contributed by atoms with Crippen LogP contribution < -0.4 is 9.80 Å². The van der Waals surface area contributed by atoms with Crippen molar-refractivity contribution < 1.29 is 28.8 Å². The van der Waals surface area contributed by atoms with Crippen molar-refractivity contribution in [2.75, 3.05) is 22.9 Å². The molecule has 3 aliphatic rings. The van der Waals surface area contributed by atoms with E-state index in [2.05, 4.69) is 0 Å². The van der Waals surface area contributed by atoms with E-state index in [1.165, 1.54) is 0 Å². The van der Waals surface area contributed by atoms with E-state index in [4.69, 9.17) is 0 Å². The third-order valence-corrected chi connectivity index (χ3v) is 10.7. The van der Waals surface area contributed by atoms with Gasteiger partial charge in [0.05, 0.1) is 6.04 Å². The Morgan fingerprint density at radius 2 is 1.04 bits per heavy atom. The van der Waals surface area contributed by atoms with Crippen LogP contribution in [0.25, 0.3) is 21.5 Å². The zero-order chi connectivity index (χ0) is 37.2. The monoisotopic (exact) mass is 712 g/mol. The molecule has 264 valence electrons. The SMILES string of the molecule is C[C@H]1C[C@H](N(C(=O)CN2C(=O)c3cccc4cccc(c34)C2=O)c2ccccc2)c2ccccc2N1C(=O)CN1C(=O)c2cccc3cccc(c23)C1=O. The fraction of sp³-hybridized carbons (Fsp3) is 0.136. The highest BCUT2D eigenvalue weighted by molar-refractivity contribution is 6.27. The van der Waals surface area contributed by atoms with Crippen molar-refractivity contribution in [1.29, 1.82) is 0 Å². The van der Waals surface area contributed by atoms with Gasteiger partial charge in [-0.05, 0) is 72.1 Å². The van der Waals surface area contributed by atoms with Crippen molar-refractivity contribution in [3.63, 3.8) is 0 Å². The number of nitrogens with zero attached hydrogens (tertiary/aromatic N) is 4. The van der Waals surface area contributed by atoms with E-state index < -0.39 is 60.6 Å². The molecule has 6 amide bonds. The summed E-state index contributed by atoms with van der Waals surface area (Å²) < 4.78 is 0. The minimum atomic E-state index is -0.594. The van der Waals surface area contributed by atoms with Crippen LogP contribution in [-0.2, 0) is 9.59 Å². The molecule has 10 heteroatoms. The number of rotatable bonds is 6. The van der Waals surface area contributed by atoms with Crippen LogP contribution in [0.3, 0.4) is 0 Å². The first-order valence-electron chi connectivity index (χ1n) is 17.8. The fourth-order valence-electron chi connectivity index (χ4n) is 8.36. The van der Waals surface area contributed by atoms with Gasteiger partial charge in [0, 0.05) is 50.4 Å². The highest BCUT2D eigenvalue weighted by Crippen LogP contribution is 2.43. The summed E-state index contributed by atoms with van der Waals surface area (Å²) in [5.74, 6) is -3.07. The summed E-state index contributed by atoms with van der Waals surface area (Å²) in [6.45, 7) is 0.889. The van der Waals surface area contributed by atoms with Crippen LogP contribution in [0.15, 0.2) is 127 Å². The zero-order valence-corrected chi connectivity index (χ0v) is 29.1. The highest BCUT2D eigenvalue weighted by atomic mass is 16.2. The molecular weight excluding hydrogens is 681 g/mol. The Labute approximate surface area is 309 Å². The summed E-state index contributed by atoms with van der Waals surface area (Å²) in [6.07, 6.45) is 0.289. The Bertz CT molecular complexity index is 2520. The lowest BCUT2D eigenvalue weighted by atomic mass is 9.89. The lowest BCUT2D eigenvalue weighted by Crippen LogP contribution is -2.53. The lowest BCUT2D eigenvalue weighted by molar-refractivity contribution is -0.119. The maximum atomic E-state index is 14.6. The molecule has 0 fully saturated rings. The van der Waals surface area contributed by atoms with E-state index in [9.17, 15) is 28.8 Å². The number of amides is 6. The lowest BCUT2D eigenvalue weighted by Gasteiger charge is -2.44.